The van der Waals surface area contributed by atoms with Gasteiger partial charge in [-0.05, 0) is 19.4 Å². The van der Waals surface area contributed by atoms with Crippen molar-refractivity contribution in [3.8, 4) is 0 Å². The van der Waals surface area contributed by atoms with Crippen LogP contribution < -0.4 is 0 Å². The van der Waals surface area contributed by atoms with E-state index in [4.69, 9.17) is 5.11 Å². The van der Waals surface area contributed by atoms with E-state index in [2.05, 4.69) is 4.74 Å². The largest absolute Gasteiger partial charge is 0.502 e. The van der Waals surface area contributed by atoms with E-state index >= 15 is 0 Å². The van der Waals surface area contributed by atoms with Crippen LogP contribution in [0.25, 0.3) is 0 Å². The molecule has 12 heavy (non-hydrogen) atoms. The van der Waals surface area contributed by atoms with Crippen molar-refractivity contribution in [2.75, 3.05) is 0 Å². The van der Waals surface area contributed by atoms with Gasteiger partial charge in [0.15, 0.2) is 12.0 Å². The Morgan fingerprint density at radius 1 is 1.25 bits per heavy atom. The second kappa shape index (κ2) is 9.75. The maximum Gasteiger partial charge on any atom is 0.191 e. The second-order valence-corrected chi connectivity index (χ2v) is 1.99. The van der Waals surface area contributed by atoms with E-state index in [1.807, 2.05) is 27.7 Å². The van der Waals surface area contributed by atoms with Crippen molar-refractivity contribution in [3.05, 3.63) is 23.9 Å². The number of carbonyl (C=O) groups is 1. The first-order chi connectivity index (χ1) is 5.66. The van der Waals surface area contributed by atoms with Crippen molar-refractivity contribution in [1.82, 2.24) is 0 Å². The minimum Gasteiger partial charge on any atom is -0.502 e. The molecular formula is C9H16O3. The molecule has 0 amide bonds. The maximum atomic E-state index is 9.76. The molecule has 0 aliphatic heterocycles. The van der Waals surface area contributed by atoms with Crippen LogP contribution in [0, 0.1) is 0 Å². The number of aliphatic hydroxyl groups is 1. The summed E-state index contributed by atoms with van der Waals surface area (Å²) < 4.78 is 4.64. The first kappa shape index (κ1) is 13.3. The van der Waals surface area contributed by atoms with Crippen LogP contribution in [0.1, 0.15) is 27.7 Å². The molecule has 0 aromatic heterocycles. The summed E-state index contributed by atoms with van der Waals surface area (Å²) in [5.74, 6) is -0.419. The third-order valence-electron chi connectivity index (χ3n) is 0.613. The van der Waals surface area contributed by atoms with Gasteiger partial charge in [-0.1, -0.05) is 13.8 Å². The van der Waals surface area contributed by atoms with Crippen molar-refractivity contribution in [2.45, 2.75) is 27.7 Å². The highest BCUT2D eigenvalue weighted by molar-refractivity contribution is 5.68. The van der Waals surface area contributed by atoms with Crippen molar-refractivity contribution in [1.29, 1.82) is 0 Å². The predicted octanol–water partition coefficient (Wildman–Crippen LogP) is 2.55. The van der Waals surface area contributed by atoms with Crippen LogP contribution in [0.2, 0.25) is 0 Å². The van der Waals surface area contributed by atoms with Gasteiger partial charge in [-0.3, -0.25) is 4.79 Å². The van der Waals surface area contributed by atoms with Crippen LogP contribution in [-0.2, 0) is 9.53 Å². The number of carbonyl (C=O) groups excluding carboxylic acids is 1. The zero-order valence-corrected chi connectivity index (χ0v) is 8.00. The summed E-state index contributed by atoms with van der Waals surface area (Å²) >= 11 is 0. The average molecular weight is 172 g/mol. The van der Waals surface area contributed by atoms with Gasteiger partial charge in [0, 0.05) is 0 Å². The molecule has 0 heterocycles. The molecule has 0 radical (unpaired) electrons. The fraction of sp³-hybridized carbons (Fsp3) is 0.444. The molecular weight excluding hydrogens is 156 g/mol. The van der Waals surface area contributed by atoms with Gasteiger partial charge in [0.1, 0.15) is 6.26 Å². The minimum atomic E-state index is -0.419. The van der Waals surface area contributed by atoms with Gasteiger partial charge < -0.3 is 9.84 Å². The van der Waals surface area contributed by atoms with Gasteiger partial charge in [-0.2, -0.15) is 0 Å². The molecule has 0 rings (SSSR count). The number of aldehydes is 1. The highest BCUT2D eigenvalue weighted by Crippen LogP contribution is 1.91. The zero-order chi connectivity index (χ0) is 9.98. The molecule has 0 aliphatic carbocycles. The predicted molar refractivity (Wildman–Crippen MR) is 48.6 cm³/mol. The van der Waals surface area contributed by atoms with Crippen LogP contribution in [-0.4, -0.2) is 11.4 Å². The first-order valence-electron chi connectivity index (χ1n) is 3.80. The Hall–Kier alpha value is -1.25. The molecule has 0 unspecified atom stereocenters. The van der Waals surface area contributed by atoms with Gasteiger partial charge in [-0.15, -0.1) is 0 Å². The summed E-state index contributed by atoms with van der Waals surface area (Å²) in [6.45, 7) is 7.68. The van der Waals surface area contributed by atoms with Gasteiger partial charge in [-0.25, -0.2) is 0 Å². The van der Waals surface area contributed by atoms with Crippen LogP contribution in [0.5, 0.6) is 0 Å². The smallest absolute Gasteiger partial charge is 0.191 e. The van der Waals surface area contributed by atoms with Crippen LogP contribution in [0.15, 0.2) is 23.9 Å². The molecule has 1 N–H and O–H groups in total. The molecule has 3 nitrogen and oxygen atoms in total. The standard InChI is InChI=1S/C7H10O3.C2H6/c1-6(2)4-10-5-7(9)3-8;1-2/h3-5,9H,1-2H3;1-2H3/b7-5+;. The van der Waals surface area contributed by atoms with Crippen molar-refractivity contribution in [3.63, 3.8) is 0 Å². The summed E-state index contributed by atoms with van der Waals surface area (Å²) in [5.41, 5.74) is 0.954. The summed E-state index contributed by atoms with van der Waals surface area (Å²) in [6, 6.07) is 0. The summed E-state index contributed by atoms with van der Waals surface area (Å²) in [6.07, 6.45) is 2.71. The Labute approximate surface area is 73.4 Å². The molecule has 0 spiro atoms. The number of hydrogen-bond donors (Lipinski definition) is 1. The van der Waals surface area contributed by atoms with Crippen molar-refractivity contribution < 1.29 is 14.6 Å². The lowest BCUT2D eigenvalue weighted by molar-refractivity contribution is -0.107. The lowest BCUT2D eigenvalue weighted by Crippen LogP contribution is -1.81. The van der Waals surface area contributed by atoms with Crippen LogP contribution >= 0.6 is 0 Å². The summed E-state index contributed by atoms with van der Waals surface area (Å²) in [4.78, 5) is 9.76. The molecule has 3 heteroatoms. The highest BCUT2D eigenvalue weighted by Gasteiger charge is 1.84. The van der Waals surface area contributed by atoms with Gasteiger partial charge >= 0.3 is 0 Å². The molecule has 0 bridgehead atoms. The number of allylic oxidation sites excluding steroid dienone is 2. The average Bonchev–Trinajstić information content (AvgIpc) is 2.07. The number of rotatable bonds is 3. The first-order valence-corrected chi connectivity index (χ1v) is 3.80. The van der Waals surface area contributed by atoms with Gasteiger partial charge in [0.2, 0.25) is 0 Å². The van der Waals surface area contributed by atoms with E-state index < -0.39 is 5.76 Å². The molecule has 0 saturated carbocycles. The van der Waals surface area contributed by atoms with Crippen molar-refractivity contribution in [2.24, 2.45) is 0 Å². The summed E-state index contributed by atoms with van der Waals surface area (Å²) in [7, 11) is 0. The number of aliphatic hydroxyl groups excluding tert-OH is 1. The SMILES string of the molecule is CC.CC(C)=CO/C=C(/O)C=O. The molecule has 0 atom stereocenters. The Kier molecular flexibility index (Phi) is 10.8. The van der Waals surface area contributed by atoms with E-state index in [0.717, 1.165) is 11.8 Å². The topological polar surface area (TPSA) is 46.5 Å². The van der Waals surface area contributed by atoms with Crippen LogP contribution in [0.4, 0.5) is 0 Å². The quantitative estimate of drug-likeness (QED) is 0.404. The highest BCUT2D eigenvalue weighted by atomic mass is 16.5. The maximum absolute atomic E-state index is 9.76. The van der Waals surface area contributed by atoms with Gasteiger partial charge in [0.25, 0.3) is 0 Å². The normalized spacial score (nSPS) is 9.17. The lowest BCUT2D eigenvalue weighted by atomic mass is 10.4. The third-order valence-corrected chi connectivity index (χ3v) is 0.613. The molecule has 0 aliphatic rings. The Bertz CT molecular complexity index is 165. The van der Waals surface area contributed by atoms with E-state index in [-0.39, 0.29) is 0 Å². The molecule has 70 valence electrons. The Morgan fingerprint density at radius 3 is 2.08 bits per heavy atom. The second-order valence-electron chi connectivity index (χ2n) is 1.99. The Balaban J connectivity index is 0. The monoisotopic (exact) mass is 172 g/mol. The van der Waals surface area contributed by atoms with Crippen LogP contribution in [0.3, 0.4) is 0 Å². The number of ether oxygens (including phenoxy) is 1. The third kappa shape index (κ3) is 11.5. The van der Waals surface area contributed by atoms with E-state index in [1.165, 1.54) is 6.26 Å². The zero-order valence-electron chi connectivity index (χ0n) is 8.00. The molecule has 0 aromatic rings. The van der Waals surface area contributed by atoms with Gasteiger partial charge in [0.05, 0.1) is 6.26 Å². The molecule has 0 saturated heterocycles. The number of hydrogen-bond acceptors (Lipinski definition) is 3. The van der Waals surface area contributed by atoms with E-state index in [0.29, 0.717) is 6.29 Å². The van der Waals surface area contributed by atoms with E-state index in [1.54, 1.807) is 0 Å². The van der Waals surface area contributed by atoms with Crippen molar-refractivity contribution >= 4 is 6.29 Å². The summed E-state index contributed by atoms with van der Waals surface area (Å²) in [5, 5.41) is 8.51. The molecule has 0 aromatic carbocycles. The Morgan fingerprint density at radius 2 is 1.75 bits per heavy atom. The lowest BCUT2D eigenvalue weighted by Gasteiger charge is -1.90. The fourth-order valence-corrected chi connectivity index (χ4v) is 0.268. The fourth-order valence-electron chi connectivity index (χ4n) is 0.268. The molecule has 0 fully saturated rings. The minimum absolute atomic E-state index is 0.304. The van der Waals surface area contributed by atoms with E-state index in [9.17, 15) is 4.79 Å².